The van der Waals surface area contributed by atoms with Crippen LogP contribution >= 0.6 is 0 Å². The van der Waals surface area contributed by atoms with Crippen LogP contribution in [0, 0.1) is 0 Å². The second kappa shape index (κ2) is 5.77. The van der Waals surface area contributed by atoms with Crippen molar-refractivity contribution in [1.29, 1.82) is 0 Å². The van der Waals surface area contributed by atoms with E-state index in [4.69, 9.17) is 0 Å². The Bertz CT molecular complexity index is 158. The summed E-state index contributed by atoms with van der Waals surface area (Å²) < 4.78 is 59.0. The molecule has 0 aromatic rings. The van der Waals surface area contributed by atoms with Crippen LogP contribution in [-0.4, -0.2) is 24.7 Å². The van der Waals surface area contributed by atoms with Crippen LogP contribution in [0.25, 0.3) is 0 Å². The van der Waals surface area contributed by atoms with Gasteiger partial charge in [-0.25, -0.2) is 0 Å². The fourth-order valence-electron chi connectivity index (χ4n) is 0.203. The van der Waals surface area contributed by atoms with Gasteiger partial charge in [0.05, 0.1) is 6.61 Å². The summed E-state index contributed by atoms with van der Waals surface area (Å²) in [6.07, 6.45) is -5.40. The number of halogens is 5. The highest BCUT2D eigenvalue weighted by molar-refractivity contribution is 5.65. The molecule has 2 nitrogen and oxygen atoms in total. The molecular weight excluding hydrogens is 211 g/mol. The van der Waals surface area contributed by atoms with Crippen molar-refractivity contribution in [1.82, 2.24) is 0 Å². The molecule has 14 heavy (non-hydrogen) atoms. The maximum atomic E-state index is 11.1. The third-order valence-electron chi connectivity index (χ3n) is 0.845. The van der Waals surface area contributed by atoms with Gasteiger partial charge in [0.1, 0.15) is 0 Å². The molecular formula is C7H11F5O2. The zero-order valence-corrected chi connectivity index (χ0v) is 7.91. The predicted molar refractivity (Wildman–Crippen MR) is 39.0 cm³/mol. The molecule has 0 N–H and O–H groups in total. The van der Waals surface area contributed by atoms with Gasteiger partial charge in [-0.2, -0.15) is 22.0 Å². The Morgan fingerprint density at radius 2 is 1.50 bits per heavy atom. The van der Waals surface area contributed by atoms with Gasteiger partial charge in [-0.1, -0.05) is 0 Å². The summed E-state index contributed by atoms with van der Waals surface area (Å²) in [5.41, 5.74) is 0. The van der Waals surface area contributed by atoms with Gasteiger partial charge < -0.3 is 4.74 Å². The average Bonchev–Trinajstić information content (AvgIpc) is 1.82. The summed E-state index contributed by atoms with van der Waals surface area (Å²) >= 11 is 0. The molecule has 0 aliphatic carbocycles. The molecule has 0 bridgehead atoms. The van der Waals surface area contributed by atoms with Crippen LogP contribution < -0.4 is 0 Å². The van der Waals surface area contributed by atoms with E-state index in [0.717, 1.165) is 0 Å². The lowest BCUT2D eigenvalue weighted by Gasteiger charge is -2.12. The van der Waals surface area contributed by atoms with Crippen molar-refractivity contribution < 1.29 is 31.5 Å². The molecule has 0 radical (unpaired) electrons. The number of esters is 1. The lowest BCUT2D eigenvalue weighted by Crippen LogP contribution is -2.32. The van der Waals surface area contributed by atoms with Crippen molar-refractivity contribution in [3.63, 3.8) is 0 Å². The fourth-order valence-corrected chi connectivity index (χ4v) is 0.203. The molecule has 0 fully saturated rings. The zero-order chi connectivity index (χ0) is 12.0. The smallest absolute Gasteiger partial charge is 0.452 e. The van der Waals surface area contributed by atoms with E-state index < -0.39 is 12.1 Å². The maximum absolute atomic E-state index is 11.1. The lowest BCUT2D eigenvalue weighted by atomic mass is 10.4. The molecule has 0 saturated carbocycles. The van der Waals surface area contributed by atoms with Gasteiger partial charge in [-0.05, 0) is 6.92 Å². The van der Waals surface area contributed by atoms with Gasteiger partial charge >= 0.3 is 18.1 Å². The SMILES string of the molecule is CC(F)(F)C(F)(F)F.CCOC(C)=O. The molecule has 0 atom stereocenters. The highest BCUT2D eigenvalue weighted by Crippen LogP contribution is 2.34. The number of rotatable bonds is 1. The highest BCUT2D eigenvalue weighted by atomic mass is 19.4. The summed E-state index contributed by atoms with van der Waals surface area (Å²) in [5.74, 6) is -4.77. The van der Waals surface area contributed by atoms with Crippen molar-refractivity contribution in [2.75, 3.05) is 6.61 Å². The minimum Gasteiger partial charge on any atom is -0.466 e. The molecule has 0 spiro atoms. The number of hydrogen-bond donors (Lipinski definition) is 0. The van der Waals surface area contributed by atoms with Crippen LogP contribution in [0.15, 0.2) is 0 Å². The van der Waals surface area contributed by atoms with Crippen molar-refractivity contribution in [2.45, 2.75) is 32.9 Å². The van der Waals surface area contributed by atoms with E-state index in [-0.39, 0.29) is 12.9 Å². The van der Waals surface area contributed by atoms with E-state index >= 15 is 0 Å². The van der Waals surface area contributed by atoms with E-state index in [1.165, 1.54) is 6.92 Å². The number of ether oxygens (including phenoxy) is 1. The largest absolute Gasteiger partial charge is 0.466 e. The first-order valence-electron chi connectivity index (χ1n) is 3.60. The molecule has 0 rings (SSSR count). The Hall–Kier alpha value is -0.880. The highest BCUT2D eigenvalue weighted by Gasteiger charge is 2.52. The van der Waals surface area contributed by atoms with Crippen LogP contribution in [-0.2, 0) is 9.53 Å². The van der Waals surface area contributed by atoms with Crippen LogP contribution in [0.1, 0.15) is 20.8 Å². The zero-order valence-electron chi connectivity index (χ0n) is 7.91. The van der Waals surface area contributed by atoms with Crippen molar-refractivity contribution >= 4 is 5.97 Å². The number of alkyl halides is 5. The van der Waals surface area contributed by atoms with Gasteiger partial charge in [0.25, 0.3) is 0 Å². The number of hydrogen-bond acceptors (Lipinski definition) is 2. The Morgan fingerprint density at radius 3 is 1.50 bits per heavy atom. The first-order valence-corrected chi connectivity index (χ1v) is 3.60. The minimum atomic E-state index is -5.40. The standard InChI is InChI=1S/C4H8O2.C3H3F5/c1-3-6-4(2)5;1-2(4,5)3(6,7)8/h3H2,1-2H3;1H3. The summed E-state index contributed by atoms with van der Waals surface area (Å²) in [5, 5.41) is 0. The summed E-state index contributed by atoms with van der Waals surface area (Å²) in [7, 11) is 0. The monoisotopic (exact) mass is 222 g/mol. The van der Waals surface area contributed by atoms with Crippen LogP contribution in [0.3, 0.4) is 0 Å². The topological polar surface area (TPSA) is 26.3 Å². The molecule has 0 amide bonds. The van der Waals surface area contributed by atoms with Gasteiger partial charge in [0, 0.05) is 13.8 Å². The Kier molecular flexibility index (Phi) is 6.42. The fraction of sp³-hybridized carbons (Fsp3) is 0.857. The van der Waals surface area contributed by atoms with Crippen LogP contribution in [0.5, 0.6) is 0 Å². The third kappa shape index (κ3) is 9.21. The minimum absolute atomic E-state index is 0.188. The quantitative estimate of drug-likeness (QED) is 0.503. The number of carbonyl (C=O) groups is 1. The molecule has 0 unspecified atom stereocenters. The Labute approximate surface area is 78.0 Å². The average molecular weight is 222 g/mol. The molecule has 0 aliphatic rings. The molecule has 0 aromatic heterocycles. The van der Waals surface area contributed by atoms with E-state index in [1.54, 1.807) is 6.92 Å². The third-order valence-corrected chi connectivity index (χ3v) is 0.845. The van der Waals surface area contributed by atoms with Gasteiger partial charge in [0.15, 0.2) is 0 Å². The molecule has 86 valence electrons. The normalized spacial score (nSPS) is 11.4. The van der Waals surface area contributed by atoms with E-state index in [2.05, 4.69) is 4.74 Å². The van der Waals surface area contributed by atoms with E-state index in [1.807, 2.05) is 0 Å². The molecule has 7 heteroatoms. The van der Waals surface area contributed by atoms with Gasteiger partial charge in [0.2, 0.25) is 0 Å². The second-order valence-corrected chi connectivity index (χ2v) is 2.31. The summed E-state index contributed by atoms with van der Waals surface area (Å²) in [4.78, 5) is 9.82. The van der Waals surface area contributed by atoms with Gasteiger partial charge in [-0.15, -0.1) is 0 Å². The molecule has 0 heterocycles. The molecule has 0 saturated heterocycles. The van der Waals surface area contributed by atoms with Crippen molar-refractivity contribution in [3.05, 3.63) is 0 Å². The van der Waals surface area contributed by atoms with Crippen molar-refractivity contribution in [3.8, 4) is 0 Å². The summed E-state index contributed by atoms with van der Waals surface area (Å²) in [6, 6.07) is 0. The molecule has 0 aromatic carbocycles. The second-order valence-electron chi connectivity index (χ2n) is 2.31. The van der Waals surface area contributed by atoms with Gasteiger partial charge in [-0.3, -0.25) is 4.79 Å². The first kappa shape index (κ1) is 15.6. The van der Waals surface area contributed by atoms with Crippen LogP contribution in [0.4, 0.5) is 22.0 Å². The van der Waals surface area contributed by atoms with E-state index in [9.17, 15) is 26.7 Å². The summed E-state index contributed by atoms with van der Waals surface area (Å²) in [6.45, 7) is 3.47. The maximum Gasteiger partial charge on any atom is 0.452 e. The predicted octanol–water partition coefficient (Wildman–Crippen LogP) is 2.77. The van der Waals surface area contributed by atoms with Crippen LogP contribution in [0.2, 0.25) is 0 Å². The Balaban J connectivity index is 0. The Morgan fingerprint density at radius 1 is 1.21 bits per heavy atom. The van der Waals surface area contributed by atoms with Crippen molar-refractivity contribution in [2.24, 2.45) is 0 Å². The van der Waals surface area contributed by atoms with E-state index in [0.29, 0.717) is 6.61 Å². The lowest BCUT2D eigenvalue weighted by molar-refractivity contribution is -0.273. The molecule has 0 aliphatic heterocycles. The number of carbonyl (C=O) groups excluding carboxylic acids is 1. The first-order chi connectivity index (χ1) is 6.02.